The summed E-state index contributed by atoms with van der Waals surface area (Å²) in [6.07, 6.45) is 0.0912. The van der Waals surface area contributed by atoms with Crippen LogP contribution in [0.15, 0.2) is 63.8 Å². The molecule has 172 valence electrons. The van der Waals surface area contributed by atoms with Crippen molar-refractivity contribution in [1.82, 2.24) is 0 Å². The molecule has 7 heteroatoms. The number of phenols is 1. The van der Waals surface area contributed by atoms with Gasteiger partial charge in [-0.15, -0.1) is 0 Å². The Morgan fingerprint density at radius 2 is 1.65 bits per heavy atom. The summed E-state index contributed by atoms with van der Waals surface area (Å²) in [6, 6.07) is 16.0. The van der Waals surface area contributed by atoms with Gasteiger partial charge >= 0.3 is 11.6 Å². The quantitative estimate of drug-likeness (QED) is 0.263. The van der Waals surface area contributed by atoms with E-state index >= 15 is 0 Å². The fourth-order valence-corrected chi connectivity index (χ4v) is 4.64. The fraction of sp³-hybridized carbons (Fsp3) is 0.185. The maximum absolute atomic E-state index is 12.8. The van der Waals surface area contributed by atoms with Gasteiger partial charge < -0.3 is 23.7 Å². The van der Waals surface area contributed by atoms with Gasteiger partial charge in [-0.3, -0.25) is 4.79 Å². The second-order valence-corrected chi connectivity index (χ2v) is 8.16. The Morgan fingerprint density at radius 1 is 0.971 bits per heavy atom. The number of hydrogen-bond acceptors (Lipinski definition) is 7. The summed E-state index contributed by atoms with van der Waals surface area (Å²) in [7, 11) is 2.91. The third-order valence-electron chi connectivity index (χ3n) is 6.16. The normalized spacial score (nSPS) is 15.0. The lowest BCUT2D eigenvalue weighted by atomic mass is 9.82. The number of ether oxygens (including phenoxy) is 3. The number of phenolic OH excluding ortho intramolecular Hbond substituents is 1. The number of esters is 1. The highest BCUT2D eigenvalue weighted by atomic mass is 16.5. The van der Waals surface area contributed by atoms with Crippen LogP contribution in [-0.4, -0.2) is 25.3 Å². The molecule has 1 atom stereocenters. The predicted octanol–water partition coefficient (Wildman–Crippen LogP) is 4.93. The molecule has 0 bridgehead atoms. The van der Waals surface area contributed by atoms with Crippen LogP contribution in [0, 0.1) is 6.92 Å². The van der Waals surface area contributed by atoms with Gasteiger partial charge in [0.1, 0.15) is 11.3 Å². The standard InChI is InChI=1S/C27H22O7/c1-14-9-19-25(17(12-22(28)33-19)15-7-5-4-6-8-15)27-24(14)18(13-23(29)34-27)16-10-20(31-2)26(30)21(11-16)32-3/h4-12,18,30H,13H2,1-3H3. The van der Waals surface area contributed by atoms with Crippen LogP contribution in [0.4, 0.5) is 0 Å². The number of rotatable bonds is 4. The van der Waals surface area contributed by atoms with Crippen LogP contribution in [0.2, 0.25) is 0 Å². The third kappa shape index (κ3) is 3.46. The van der Waals surface area contributed by atoms with Crippen LogP contribution >= 0.6 is 0 Å². The van der Waals surface area contributed by atoms with Gasteiger partial charge in [0.15, 0.2) is 11.5 Å². The number of benzene rings is 3. The molecular weight excluding hydrogens is 436 g/mol. The summed E-state index contributed by atoms with van der Waals surface area (Å²) >= 11 is 0. The SMILES string of the molecule is COc1cc(C2CC(=O)Oc3c2c(C)cc2oc(=O)cc(-c4ccccc4)c32)cc(OC)c1O. The molecule has 0 saturated heterocycles. The molecule has 1 unspecified atom stereocenters. The predicted molar refractivity (Wildman–Crippen MR) is 126 cm³/mol. The van der Waals surface area contributed by atoms with Crippen LogP contribution < -0.4 is 19.8 Å². The summed E-state index contributed by atoms with van der Waals surface area (Å²) in [5.41, 5.74) is 3.61. The molecule has 1 aliphatic rings. The Morgan fingerprint density at radius 3 is 2.29 bits per heavy atom. The van der Waals surface area contributed by atoms with Crippen LogP contribution in [0.5, 0.6) is 23.0 Å². The number of carbonyl (C=O) groups is 1. The lowest BCUT2D eigenvalue weighted by Crippen LogP contribution is -2.22. The van der Waals surface area contributed by atoms with Crippen molar-refractivity contribution in [2.75, 3.05) is 14.2 Å². The number of hydrogen-bond donors (Lipinski definition) is 1. The summed E-state index contributed by atoms with van der Waals surface area (Å²) in [4.78, 5) is 25.2. The van der Waals surface area contributed by atoms with E-state index in [4.69, 9.17) is 18.6 Å². The smallest absolute Gasteiger partial charge is 0.336 e. The largest absolute Gasteiger partial charge is 0.502 e. The van der Waals surface area contributed by atoms with Crippen molar-refractivity contribution in [2.24, 2.45) is 0 Å². The maximum Gasteiger partial charge on any atom is 0.336 e. The van der Waals surface area contributed by atoms with Crippen molar-refractivity contribution in [1.29, 1.82) is 0 Å². The van der Waals surface area contributed by atoms with Crippen molar-refractivity contribution in [3.8, 4) is 34.1 Å². The van der Waals surface area contributed by atoms with Crippen LogP contribution in [0.3, 0.4) is 0 Å². The van der Waals surface area contributed by atoms with E-state index in [2.05, 4.69) is 0 Å². The maximum atomic E-state index is 12.8. The van der Waals surface area contributed by atoms with Crippen molar-refractivity contribution < 1.29 is 28.5 Å². The summed E-state index contributed by atoms with van der Waals surface area (Å²) in [6.45, 7) is 1.88. The number of aromatic hydroxyl groups is 1. The van der Waals surface area contributed by atoms with E-state index in [1.165, 1.54) is 20.3 Å². The van der Waals surface area contributed by atoms with E-state index in [-0.39, 0.29) is 29.6 Å². The average molecular weight is 458 g/mol. The van der Waals surface area contributed by atoms with Crippen LogP contribution in [-0.2, 0) is 4.79 Å². The average Bonchev–Trinajstić information content (AvgIpc) is 2.83. The third-order valence-corrected chi connectivity index (χ3v) is 6.16. The molecule has 4 aromatic rings. The molecule has 0 spiro atoms. The first-order chi connectivity index (χ1) is 16.4. The van der Waals surface area contributed by atoms with E-state index in [1.54, 1.807) is 18.2 Å². The second kappa shape index (κ2) is 8.26. The van der Waals surface area contributed by atoms with E-state index in [1.807, 2.05) is 37.3 Å². The van der Waals surface area contributed by atoms with E-state index in [9.17, 15) is 14.7 Å². The zero-order chi connectivity index (χ0) is 24.0. The molecule has 0 amide bonds. The zero-order valence-electron chi connectivity index (χ0n) is 18.9. The lowest BCUT2D eigenvalue weighted by Gasteiger charge is -2.28. The van der Waals surface area contributed by atoms with E-state index in [0.29, 0.717) is 22.3 Å². The first-order valence-electron chi connectivity index (χ1n) is 10.7. The lowest BCUT2D eigenvalue weighted by molar-refractivity contribution is -0.135. The molecule has 2 heterocycles. The molecule has 34 heavy (non-hydrogen) atoms. The summed E-state index contributed by atoms with van der Waals surface area (Å²) in [5, 5.41) is 10.9. The Bertz CT molecular complexity index is 1460. The molecule has 0 aliphatic carbocycles. The minimum absolute atomic E-state index is 0.0912. The van der Waals surface area contributed by atoms with Gasteiger partial charge in [0.25, 0.3) is 0 Å². The van der Waals surface area contributed by atoms with Crippen molar-refractivity contribution in [2.45, 2.75) is 19.3 Å². The molecule has 1 aliphatic heterocycles. The number of methoxy groups -OCH3 is 2. The Kier molecular flexibility index (Phi) is 5.24. The zero-order valence-corrected chi connectivity index (χ0v) is 18.9. The Balaban J connectivity index is 1.83. The van der Waals surface area contributed by atoms with E-state index < -0.39 is 11.6 Å². The van der Waals surface area contributed by atoms with Crippen LogP contribution in [0.25, 0.3) is 22.1 Å². The molecule has 3 aromatic carbocycles. The molecule has 0 radical (unpaired) electrons. The van der Waals surface area contributed by atoms with Gasteiger partial charge in [-0.2, -0.15) is 0 Å². The molecule has 7 nitrogen and oxygen atoms in total. The van der Waals surface area contributed by atoms with Crippen molar-refractivity contribution >= 4 is 16.9 Å². The topological polar surface area (TPSA) is 95.2 Å². The minimum Gasteiger partial charge on any atom is -0.502 e. The second-order valence-electron chi connectivity index (χ2n) is 8.16. The number of fused-ring (bicyclic) bond motifs is 3. The number of carbonyl (C=O) groups excluding carboxylic acids is 1. The monoisotopic (exact) mass is 458 g/mol. The van der Waals surface area contributed by atoms with Gasteiger partial charge in [-0.05, 0) is 41.8 Å². The van der Waals surface area contributed by atoms with Gasteiger partial charge in [0, 0.05) is 23.1 Å². The van der Waals surface area contributed by atoms with Crippen molar-refractivity contribution in [3.05, 3.63) is 81.7 Å². The van der Waals surface area contributed by atoms with Gasteiger partial charge in [-0.1, -0.05) is 30.3 Å². The highest BCUT2D eigenvalue weighted by Gasteiger charge is 2.34. The van der Waals surface area contributed by atoms with Gasteiger partial charge in [0.05, 0.1) is 26.0 Å². The highest BCUT2D eigenvalue weighted by molar-refractivity contribution is 6.01. The molecule has 0 saturated carbocycles. The molecule has 5 rings (SSSR count). The summed E-state index contributed by atoms with van der Waals surface area (Å²) in [5.74, 6) is -0.0747. The van der Waals surface area contributed by atoms with E-state index in [0.717, 1.165) is 22.3 Å². The summed E-state index contributed by atoms with van der Waals surface area (Å²) < 4.78 is 22.0. The van der Waals surface area contributed by atoms with Gasteiger partial charge in [-0.25, -0.2) is 4.79 Å². The first kappa shape index (κ1) is 21.6. The Hall–Kier alpha value is -4.26. The molecule has 1 aromatic heterocycles. The minimum atomic E-state index is -0.489. The van der Waals surface area contributed by atoms with Crippen LogP contribution in [0.1, 0.15) is 29.0 Å². The highest BCUT2D eigenvalue weighted by Crippen LogP contribution is 2.49. The fourth-order valence-electron chi connectivity index (χ4n) is 4.64. The Labute approximate surface area is 195 Å². The molecule has 0 fully saturated rings. The van der Waals surface area contributed by atoms with Gasteiger partial charge in [0.2, 0.25) is 5.75 Å². The molecular formula is C27H22O7. The number of aryl methyl sites for hydroxylation is 1. The first-order valence-corrected chi connectivity index (χ1v) is 10.7. The molecule has 1 N–H and O–H groups in total. The van der Waals surface area contributed by atoms with Crippen molar-refractivity contribution in [3.63, 3.8) is 0 Å².